The van der Waals surface area contributed by atoms with E-state index in [1.165, 1.54) is 12.1 Å². The highest BCUT2D eigenvalue weighted by atomic mass is 19.4. The second-order valence-electron chi connectivity index (χ2n) is 9.34. The number of alkyl halides is 3. The van der Waals surface area contributed by atoms with Crippen molar-refractivity contribution in [1.29, 1.82) is 0 Å². The van der Waals surface area contributed by atoms with Gasteiger partial charge in [-0.15, -0.1) is 0 Å². The standard InChI is InChI=1S/C28H27F3N2O4/c1-2-27(16-24(34)35)13-12-19-14-18(8-11-23(19)25(27)36)17-6-9-21(10-7-17)32-26(37)33-22-5-3-4-20(15-22)28(29,30)31/h3-11,14-15,25,36H,2,12-13,16H2,1H3,(H,34,35)(H2,32,33,37). The largest absolute Gasteiger partial charge is 0.481 e. The van der Waals surface area contributed by atoms with E-state index in [4.69, 9.17) is 0 Å². The molecule has 6 nitrogen and oxygen atoms in total. The number of carbonyl (C=O) groups excluding carboxylic acids is 1. The number of hydrogen-bond acceptors (Lipinski definition) is 3. The number of hydrogen-bond donors (Lipinski definition) is 4. The first-order valence-electron chi connectivity index (χ1n) is 11.9. The molecule has 0 heterocycles. The van der Waals surface area contributed by atoms with Gasteiger partial charge < -0.3 is 20.8 Å². The van der Waals surface area contributed by atoms with E-state index in [1.54, 1.807) is 12.1 Å². The molecular weight excluding hydrogens is 485 g/mol. The van der Waals surface area contributed by atoms with Crippen LogP contribution in [0.5, 0.6) is 0 Å². The lowest BCUT2D eigenvalue weighted by atomic mass is 9.65. The van der Waals surface area contributed by atoms with E-state index in [0.717, 1.165) is 34.4 Å². The van der Waals surface area contributed by atoms with Gasteiger partial charge in [0, 0.05) is 16.8 Å². The van der Waals surface area contributed by atoms with Gasteiger partial charge >= 0.3 is 18.2 Å². The van der Waals surface area contributed by atoms with Crippen molar-refractivity contribution in [1.82, 2.24) is 0 Å². The number of urea groups is 1. The molecule has 37 heavy (non-hydrogen) atoms. The predicted octanol–water partition coefficient (Wildman–Crippen LogP) is 6.87. The first-order chi connectivity index (χ1) is 17.5. The van der Waals surface area contributed by atoms with Crippen LogP contribution in [0.4, 0.5) is 29.3 Å². The zero-order chi connectivity index (χ0) is 26.8. The van der Waals surface area contributed by atoms with Crippen LogP contribution >= 0.6 is 0 Å². The van der Waals surface area contributed by atoms with Gasteiger partial charge in [0.15, 0.2) is 0 Å². The van der Waals surface area contributed by atoms with Gasteiger partial charge in [-0.25, -0.2) is 4.79 Å². The molecule has 1 aliphatic carbocycles. The quantitative estimate of drug-likeness (QED) is 0.290. The lowest BCUT2D eigenvalue weighted by Crippen LogP contribution is -2.35. The third-order valence-electron chi connectivity index (χ3n) is 7.04. The molecule has 2 amide bonds. The zero-order valence-corrected chi connectivity index (χ0v) is 20.1. The molecule has 0 saturated carbocycles. The molecule has 1 aliphatic rings. The van der Waals surface area contributed by atoms with Crippen LogP contribution in [0.2, 0.25) is 0 Å². The van der Waals surface area contributed by atoms with E-state index in [9.17, 15) is 33.0 Å². The summed E-state index contributed by atoms with van der Waals surface area (Å²) in [7, 11) is 0. The first-order valence-corrected chi connectivity index (χ1v) is 11.9. The molecule has 0 aliphatic heterocycles. The average Bonchev–Trinajstić information content (AvgIpc) is 2.85. The molecule has 0 bridgehead atoms. The summed E-state index contributed by atoms with van der Waals surface area (Å²) in [5.74, 6) is -0.918. The van der Waals surface area contributed by atoms with Crippen LogP contribution in [0, 0.1) is 5.41 Å². The van der Waals surface area contributed by atoms with Crippen molar-refractivity contribution in [2.24, 2.45) is 5.41 Å². The average molecular weight is 513 g/mol. The molecule has 9 heteroatoms. The maximum Gasteiger partial charge on any atom is 0.416 e. The van der Waals surface area contributed by atoms with E-state index in [0.29, 0.717) is 24.9 Å². The molecule has 0 spiro atoms. The van der Waals surface area contributed by atoms with Crippen LogP contribution in [0.15, 0.2) is 66.7 Å². The van der Waals surface area contributed by atoms with E-state index in [2.05, 4.69) is 10.6 Å². The van der Waals surface area contributed by atoms with Gasteiger partial charge in [0.1, 0.15) is 0 Å². The highest BCUT2D eigenvalue weighted by Gasteiger charge is 2.42. The number of carbonyl (C=O) groups is 2. The number of aliphatic carboxylic acids is 1. The van der Waals surface area contributed by atoms with Gasteiger partial charge in [-0.3, -0.25) is 4.79 Å². The number of aliphatic hydroxyl groups is 1. The maximum atomic E-state index is 12.9. The smallest absolute Gasteiger partial charge is 0.416 e. The highest BCUT2D eigenvalue weighted by Crippen LogP contribution is 2.49. The maximum absolute atomic E-state index is 12.9. The topological polar surface area (TPSA) is 98.7 Å². The molecule has 2 atom stereocenters. The summed E-state index contributed by atoms with van der Waals surface area (Å²) in [6, 6.07) is 16.4. The Morgan fingerprint density at radius 2 is 1.65 bits per heavy atom. The van der Waals surface area contributed by atoms with Crippen LogP contribution in [-0.4, -0.2) is 22.2 Å². The third kappa shape index (κ3) is 5.77. The molecule has 3 aromatic carbocycles. The molecule has 4 rings (SSSR count). The zero-order valence-electron chi connectivity index (χ0n) is 20.1. The van der Waals surface area contributed by atoms with Crippen LogP contribution in [-0.2, 0) is 17.4 Å². The fourth-order valence-corrected chi connectivity index (χ4v) is 4.91. The van der Waals surface area contributed by atoms with E-state index in [-0.39, 0.29) is 12.1 Å². The van der Waals surface area contributed by atoms with Crippen LogP contribution in [0.25, 0.3) is 11.1 Å². The highest BCUT2D eigenvalue weighted by molar-refractivity contribution is 5.99. The molecule has 0 saturated heterocycles. The Labute approximate surface area is 212 Å². The van der Waals surface area contributed by atoms with E-state index >= 15 is 0 Å². The van der Waals surface area contributed by atoms with Gasteiger partial charge in [-0.1, -0.05) is 43.3 Å². The van der Waals surface area contributed by atoms with Gasteiger partial charge in [-0.2, -0.15) is 13.2 Å². The summed E-state index contributed by atoms with van der Waals surface area (Å²) in [5.41, 5.74) is 2.47. The molecule has 194 valence electrons. The van der Waals surface area contributed by atoms with E-state index in [1.807, 2.05) is 37.3 Å². The monoisotopic (exact) mass is 512 g/mol. The minimum atomic E-state index is -4.50. The third-order valence-corrected chi connectivity index (χ3v) is 7.04. The summed E-state index contributed by atoms with van der Waals surface area (Å²) in [4.78, 5) is 23.7. The predicted molar refractivity (Wildman–Crippen MR) is 134 cm³/mol. The molecule has 0 fully saturated rings. The molecule has 0 aromatic heterocycles. The second-order valence-corrected chi connectivity index (χ2v) is 9.34. The normalized spacial score (nSPS) is 19.1. The number of aliphatic hydroxyl groups excluding tert-OH is 1. The van der Waals surface area contributed by atoms with Crippen molar-refractivity contribution in [3.63, 3.8) is 0 Å². The molecule has 2 unspecified atom stereocenters. The van der Waals surface area contributed by atoms with Crippen molar-refractivity contribution in [3.8, 4) is 11.1 Å². The number of nitrogens with one attached hydrogen (secondary N) is 2. The van der Waals surface area contributed by atoms with Crippen molar-refractivity contribution >= 4 is 23.4 Å². The molecule has 0 radical (unpaired) electrons. The van der Waals surface area contributed by atoms with Crippen LogP contribution in [0.1, 0.15) is 49.0 Å². The first kappa shape index (κ1) is 26.2. The van der Waals surface area contributed by atoms with Crippen LogP contribution in [0.3, 0.4) is 0 Å². The number of anilines is 2. The number of carboxylic acid groups (broad SMARTS) is 1. The number of rotatable bonds is 6. The molecular formula is C28H27F3N2O4. The van der Waals surface area contributed by atoms with Crippen LogP contribution < -0.4 is 10.6 Å². The molecule has 4 N–H and O–H groups in total. The Kier molecular flexibility index (Phi) is 7.27. The van der Waals surface area contributed by atoms with Crippen molar-refractivity contribution < 1.29 is 33.0 Å². The number of halogens is 3. The summed E-state index contributed by atoms with van der Waals surface area (Å²) in [5, 5.41) is 25.3. The molecule has 3 aromatic rings. The van der Waals surface area contributed by atoms with Crippen molar-refractivity contribution in [2.45, 2.75) is 44.9 Å². The van der Waals surface area contributed by atoms with Crippen molar-refractivity contribution in [2.75, 3.05) is 10.6 Å². The van der Waals surface area contributed by atoms with Crippen molar-refractivity contribution in [3.05, 3.63) is 83.4 Å². The van der Waals surface area contributed by atoms with Gasteiger partial charge in [0.25, 0.3) is 0 Å². The Morgan fingerprint density at radius 1 is 0.973 bits per heavy atom. The van der Waals surface area contributed by atoms with Gasteiger partial charge in [0.05, 0.1) is 18.1 Å². The number of carboxylic acids is 1. The Hall–Kier alpha value is -3.85. The Morgan fingerprint density at radius 3 is 2.30 bits per heavy atom. The van der Waals surface area contributed by atoms with Gasteiger partial charge in [0.2, 0.25) is 0 Å². The summed E-state index contributed by atoms with van der Waals surface area (Å²) in [6.45, 7) is 1.90. The summed E-state index contributed by atoms with van der Waals surface area (Å²) in [6.07, 6.45) is -3.63. The number of aryl methyl sites for hydroxylation is 1. The Bertz CT molecular complexity index is 1310. The Balaban J connectivity index is 1.44. The van der Waals surface area contributed by atoms with Gasteiger partial charge in [-0.05, 0) is 71.8 Å². The minimum Gasteiger partial charge on any atom is -0.481 e. The summed E-state index contributed by atoms with van der Waals surface area (Å²) >= 11 is 0. The number of amides is 2. The minimum absolute atomic E-state index is 0.0237. The lowest BCUT2D eigenvalue weighted by Gasteiger charge is -2.41. The number of benzene rings is 3. The number of fused-ring (bicyclic) bond motifs is 1. The SMILES string of the molecule is CCC1(CC(=O)O)CCc2cc(-c3ccc(NC(=O)Nc4cccc(C(F)(F)F)c4)cc3)ccc2C1O. The fourth-order valence-electron chi connectivity index (χ4n) is 4.91. The second kappa shape index (κ2) is 10.3. The fraction of sp³-hybridized carbons (Fsp3) is 0.286. The lowest BCUT2D eigenvalue weighted by molar-refractivity contribution is -0.143. The summed E-state index contributed by atoms with van der Waals surface area (Å²) < 4.78 is 38.6. The van der Waals surface area contributed by atoms with E-state index < -0.39 is 35.3 Å².